The molecule has 0 bridgehead atoms. The molecule has 0 unspecified atom stereocenters. The van der Waals surface area contributed by atoms with Crippen LogP contribution in [0.1, 0.15) is 13.8 Å². The Morgan fingerprint density at radius 2 is 2.06 bits per heavy atom. The Labute approximate surface area is 109 Å². The SMILES string of the molecule is CCN(CC)CCNc1ccc2cn(C)nc2c1. The summed E-state index contributed by atoms with van der Waals surface area (Å²) in [6.07, 6.45) is 2.04. The molecule has 1 aromatic heterocycles. The fourth-order valence-corrected chi connectivity index (χ4v) is 2.15. The number of nitrogens with zero attached hydrogens (tertiary/aromatic N) is 3. The first-order valence-electron chi connectivity index (χ1n) is 6.62. The molecule has 0 saturated carbocycles. The zero-order chi connectivity index (χ0) is 13.0. The Morgan fingerprint density at radius 1 is 1.28 bits per heavy atom. The van der Waals surface area contributed by atoms with E-state index in [1.54, 1.807) is 0 Å². The van der Waals surface area contributed by atoms with Crippen molar-refractivity contribution in [3.8, 4) is 0 Å². The molecule has 1 heterocycles. The second-order valence-corrected chi connectivity index (χ2v) is 4.53. The van der Waals surface area contributed by atoms with Gasteiger partial charge in [-0.3, -0.25) is 4.68 Å². The van der Waals surface area contributed by atoms with E-state index in [1.807, 2.05) is 17.9 Å². The molecule has 98 valence electrons. The van der Waals surface area contributed by atoms with Crippen molar-refractivity contribution in [2.75, 3.05) is 31.5 Å². The Balaban J connectivity index is 1.95. The van der Waals surface area contributed by atoms with Crippen LogP contribution in [-0.4, -0.2) is 40.9 Å². The summed E-state index contributed by atoms with van der Waals surface area (Å²) >= 11 is 0. The van der Waals surface area contributed by atoms with Gasteiger partial charge in [0, 0.05) is 37.4 Å². The van der Waals surface area contributed by atoms with Gasteiger partial charge in [-0.2, -0.15) is 5.10 Å². The van der Waals surface area contributed by atoms with Gasteiger partial charge in [-0.25, -0.2) is 0 Å². The topological polar surface area (TPSA) is 33.1 Å². The average Bonchev–Trinajstić information content (AvgIpc) is 2.74. The summed E-state index contributed by atoms with van der Waals surface area (Å²) in [7, 11) is 1.95. The molecular weight excluding hydrogens is 224 g/mol. The maximum atomic E-state index is 4.42. The number of likely N-dealkylation sites (N-methyl/N-ethyl adjacent to an activating group) is 1. The largest absolute Gasteiger partial charge is 0.384 e. The van der Waals surface area contributed by atoms with Crippen molar-refractivity contribution in [1.29, 1.82) is 0 Å². The first-order chi connectivity index (χ1) is 8.72. The van der Waals surface area contributed by atoms with Crippen LogP contribution < -0.4 is 5.32 Å². The minimum atomic E-state index is 0.972. The Bertz CT molecular complexity index is 499. The van der Waals surface area contributed by atoms with Crippen molar-refractivity contribution in [3.63, 3.8) is 0 Å². The first-order valence-corrected chi connectivity index (χ1v) is 6.62. The molecule has 0 fully saturated rings. The number of hydrogen-bond acceptors (Lipinski definition) is 3. The van der Waals surface area contributed by atoms with Gasteiger partial charge in [-0.15, -0.1) is 0 Å². The van der Waals surface area contributed by atoms with Gasteiger partial charge < -0.3 is 10.2 Å². The lowest BCUT2D eigenvalue weighted by Gasteiger charge is -2.18. The van der Waals surface area contributed by atoms with E-state index in [9.17, 15) is 0 Å². The molecule has 0 aliphatic heterocycles. The summed E-state index contributed by atoms with van der Waals surface area (Å²) in [6.45, 7) is 8.66. The monoisotopic (exact) mass is 246 g/mol. The van der Waals surface area contributed by atoms with Crippen LogP contribution >= 0.6 is 0 Å². The Hall–Kier alpha value is -1.55. The second kappa shape index (κ2) is 5.87. The molecule has 0 atom stereocenters. The van der Waals surface area contributed by atoms with Gasteiger partial charge in [-0.05, 0) is 31.3 Å². The molecule has 4 heteroatoms. The summed E-state index contributed by atoms with van der Waals surface area (Å²) in [6, 6.07) is 6.34. The third-order valence-electron chi connectivity index (χ3n) is 3.27. The maximum Gasteiger partial charge on any atom is 0.0943 e. The standard InChI is InChI=1S/C14H22N4/c1-4-18(5-2)9-8-15-13-7-6-12-11-17(3)16-14(12)10-13/h6-7,10-11,15H,4-5,8-9H2,1-3H3. The molecule has 18 heavy (non-hydrogen) atoms. The zero-order valence-corrected chi connectivity index (χ0v) is 11.5. The number of aryl methyl sites for hydroxylation is 1. The molecule has 0 amide bonds. The van der Waals surface area contributed by atoms with Crippen molar-refractivity contribution in [2.24, 2.45) is 7.05 Å². The summed E-state index contributed by atoms with van der Waals surface area (Å²) in [5.41, 5.74) is 2.19. The highest BCUT2D eigenvalue weighted by atomic mass is 15.2. The molecule has 0 aliphatic carbocycles. The minimum absolute atomic E-state index is 0.972. The van der Waals surface area contributed by atoms with Crippen LogP contribution in [0.2, 0.25) is 0 Å². The smallest absolute Gasteiger partial charge is 0.0943 e. The highest BCUT2D eigenvalue weighted by Crippen LogP contribution is 2.17. The van der Waals surface area contributed by atoms with Crippen molar-refractivity contribution in [3.05, 3.63) is 24.4 Å². The van der Waals surface area contributed by atoms with E-state index in [2.05, 4.69) is 47.4 Å². The van der Waals surface area contributed by atoms with Gasteiger partial charge >= 0.3 is 0 Å². The lowest BCUT2D eigenvalue weighted by atomic mass is 10.2. The van der Waals surface area contributed by atoms with Crippen LogP contribution in [-0.2, 0) is 7.05 Å². The van der Waals surface area contributed by atoms with Gasteiger partial charge in [0.2, 0.25) is 0 Å². The van der Waals surface area contributed by atoms with Crippen LogP contribution in [0.25, 0.3) is 10.9 Å². The van der Waals surface area contributed by atoms with Crippen LogP contribution in [0.5, 0.6) is 0 Å². The summed E-state index contributed by atoms with van der Waals surface area (Å²) in [5, 5.41) is 9.06. The van der Waals surface area contributed by atoms with E-state index in [0.29, 0.717) is 0 Å². The van der Waals surface area contributed by atoms with Crippen LogP contribution in [0.4, 0.5) is 5.69 Å². The third kappa shape index (κ3) is 3.01. The molecule has 0 saturated heterocycles. The number of aromatic nitrogens is 2. The van der Waals surface area contributed by atoms with Crippen LogP contribution in [0, 0.1) is 0 Å². The van der Waals surface area contributed by atoms with Crippen molar-refractivity contribution in [2.45, 2.75) is 13.8 Å². The maximum absolute atomic E-state index is 4.42. The highest BCUT2D eigenvalue weighted by Gasteiger charge is 2.01. The molecule has 0 radical (unpaired) electrons. The van der Waals surface area contributed by atoms with E-state index in [-0.39, 0.29) is 0 Å². The molecule has 1 N–H and O–H groups in total. The van der Waals surface area contributed by atoms with Gasteiger partial charge in [0.25, 0.3) is 0 Å². The van der Waals surface area contributed by atoms with Crippen molar-refractivity contribution >= 4 is 16.6 Å². The van der Waals surface area contributed by atoms with Crippen LogP contribution in [0.15, 0.2) is 24.4 Å². The second-order valence-electron chi connectivity index (χ2n) is 4.53. The predicted molar refractivity (Wildman–Crippen MR) is 77.0 cm³/mol. The number of anilines is 1. The molecule has 0 aliphatic rings. The average molecular weight is 246 g/mol. The molecule has 1 aromatic carbocycles. The Morgan fingerprint density at radius 3 is 2.78 bits per heavy atom. The molecule has 2 aromatic rings. The Kier molecular flexibility index (Phi) is 4.20. The molecule has 4 nitrogen and oxygen atoms in total. The number of fused-ring (bicyclic) bond motifs is 1. The predicted octanol–water partition coefficient (Wildman–Crippen LogP) is 2.33. The van der Waals surface area contributed by atoms with E-state index in [4.69, 9.17) is 0 Å². The van der Waals surface area contributed by atoms with E-state index in [0.717, 1.165) is 37.4 Å². The quantitative estimate of drug-likeness (QED) is 0.849. The van der Waals surface area contributed by atoms with Gasteiger partial charge in [0.15, 0.2) is 0 Å². The number of hydrogen-bond donors (Lipinski definition) is 1. The zero-order valence-electron chi connectivity index (χ0n) is 11.5. The van der Waals surface area contributed by atoms with Crippen molar-refractivity contribution in [1.82, 2.24) is 14.7 Å². The van der Waals surface area contributed by atoms with E-state index < -0.39 is 0 Å². The van der Waals surface area contributed by atoms with E-state index in [1.165, 1.54) is 5.39 Å². The summed E-state index contributed by atoms with van der Waals surface area (Å²) in [5.74, 6) is 0. The number of benzene rings is 1. The third-order valence-corrected chi connectivity index (χ3v) is 3.27. The van der Waals surface area contributed by atoms with E-state index >= 15 is 0 Å². The highest BCUT2D eigenvalue weighted by molar-refractivity contribution is 5.81. The fraction of sp³-hybridized carbons (Fsp3) is 0.500. The fourth-order valence-electron chi connectivity index (χ4n) is 2.15. The molecule has 2 rings (SSSR count). The minimum Gasteiger partial charge on any atom is -0.384 e. The molecular formula is C14H22N4. The summed E-state index contributed by atoms with van der Waals surface area (Å²) in [4.78, 5) is 2.41. The van der Waals surface area contributed by atoms with Gasteiger partial charge in [0.1, 0.15) is 0 Å². The van der Waals surface area contributed by atoms with Gasteiger partial charge in [-0.1, -0.05) is 13.8 Å². The van der Waals surface area contributed by atoms with Gasteiger partial charge in [0.05, 0.1) is 5.52 Å². The lowest BCUT2D eigenvalue weighted by molar-refractivity contribution is 0.316. The van der Waals surface area contributed by atoms with Crippen LogP contribution in [0.3, 0.4) is 0 Å². The first kappa shape index (κ1) is 12.9. The lowest BCUT2D eigenvalue weighted by Crippen LogP contribution is -2.28. The summed E-state index contributed by atoms with van der Waals surface area (Å²) < 4.78 is 1.85. The molecule has 0 spiro atoms. The normalized spacial score (nSPS) is 11.3. The number of nitrogens with one attached hydrogen (secondary N) is 1. The number of rotatable bonds is 6. The van der Waals surface area contributed by atoms with Crippen molar-refractivity contribution < 1.29 is 0 Å².